The number of rotatable bonds is 6. The highest BCUT2D eigenvalue weighted by Crippen LogP contribution is 2.20. The molecular weight excluding hydrogens is 156 g/mol. The van der Waals surface area contributed by atoms with Crippen LogP contribution in [0.15, 0.2) is 11.6 Å². The Kier molecular flexibility index (Phi) is 7.03. The summed E-state index contributed by atoms with van der Waals surface area (Å²) < 4.78 is 0. The zero-order valence-corrected chi connectivity index (χ0v) is 10.1. The van der Waals surface area contributed by atoms with Gasteiger partial charge in [-0.15, -0.1) is 0 Å². The summed E-state index contributed by atoms with van der Waals surface area (Å²) in [6, 6.07) is 0. The minimum atomic E-state index is 0.786. The van der Waals surface area contributed by atoms with Gasteiger partial charge in [-0.25, -0.2) is 0 Å². The molecule has 2 unspecified atom stereocenters. The first kappa shape index (κ1) is 12.7. The van der Waals surface area contributed by atoms with Crippen LogP contribution in [0.3, 0.4) is 0 Å². The van der Waals surface area contributed by atoms with E-state index in [2.05, 4.69) is 40.7 Å². The number of hydrogen-bond acceptors (Lipinski definition) is 0. The van der Waals surface area contributed by atoms with Crippen molar-refractivity contribution in [3.05, 3.63) is 11.6 Å². The van der Waals surface area contributed by atoms with Gasteiger partial charge in [-0.05, 0) is 31.1 Å². The molecule has 13 heavy (non-hydrogen) atoms. The van der Waals surface area contributed by atoms with Gasteiger partial charge in [0.15, 0.2) is 0 Å². The molecule has 0 aromatic heterocycles. The predicted octanol–water partition coefficient (Wildman–Crippen LogP) is 4.81. The van der Waals surface area contributed by atoms with Gasteiger partial charge in [0, 0.05) is 0 Å². The lowest BCUT2D eigenvalue weighted by atomic mass is 9.93. The summed E-state index contributed by atoms with van der Waals surface area (Å²) in [5, 5.41) is 0. The van der Waals surface area contributed by atoms with Gasteiger partial charge in [-0.2, -0.15) is 0 Å². The SMILES string of the molecule is CCC(=CCC(C)CC)C(C)CC. The van der Waals surface area contributed by atoms with Gasteiger partial charge in [-0.1, -0.05) is 52.7 Å². The summed E-state index contributed by atoms with van der Waals surface area (Å²) in [7, 11) is 0. The Morgan fingerprint density at radius 2 is 1.69 bits per heavy atom. The van der Waals surface area contributed by atoms with Crippen molar-refractivity contribution in [2.24, 2.45) is 11.8 Å². The molecule has 0 bridgehead atoms. The van der Waals surface area contributed by atoms with Crippen molar-refractivity contribution in [1.29, 1.82) is 0 Å². The monoisotopic (exact) mass is 182 g/mol. The molecule has 0 aliphatic rings. The summed E-state index contributed by atoms with van der Waals surface area (Å²) in [6.07, 6.45) is 7.55. The minimum absolute atomic E-state index is 0.786. The van der Waals surface area contributed by atoms with Crippen LogP contribution in [0.2, 0.25) is 0 Å². The standard InChI is InChI=1S/C13H26/c1-6-11(4)9-10-13(8-3)12(5)7-2/h10-12H,6-9H2,1-5H3. The van der Waals surface area contributed by atoms with Gasteiger partial charge in [0.05, 0.1) is 0 Å². The van der Waals surface area contributed by atoms with Crippen molar-refractivity contribution < 1.29 is 0 Å². The van der Waals surface area contributed by atoms with Crippen LogP contribution < -0.4 is 0 Å². The second-order valence-electron chi connectivity index (χ2n) is 4.19. The molecule has 0 rings (SSSR count). The van der Waals surface area contributed by atoms with Gasteiger partial charge >= 0.3 is 0 Å². The van der Waals surface area contributed by atoms with Crippen LogP contribution in [0.1, 0.15) is 60.3 Å². The smallest absolute Gasteiger partial charge is 0.0234 e. The second kappa shape index (κ2) is 7.17. The molecule has 0 amide bonds. The fourth-order valence-electron chi connectivity index (χ4n) is 1.48. The first-order valence-corrected chi connectivity index (χ1v) is 5.84. The van der Waals surface area contributed by atoms with E-state index in [0.29, 0.717) is 0 Å². The molecule has 0 aromatic rings. The topological polar surface area (TPSA) is 0 Å². The van der Waals surface area contributed by atoms with E-state index in [1.54, 1.807) is 5.57 Å². The van der Waals surface area contributed by atoms with Gasteiger partial charge in [-0.3, -0.25) is 0 Å². The third-order valence-corrected chi connectivity index (χ3v) is 3.13. The van der Waals surface area contributed by atoms with Crippen molar-refractivity contribution >= 4 is 0 Å². The first-order chi connectivity index (χ1) is 6.15. The van der Waals surface area contributed by atoms with E-state index >= 15 is 0 Å². The van der Waals surface area contributed by atoms with Gasteiger partial charge in [0.2, 0.25) is 0 Å². The molecule has 0 aliphatic heterocycles. The van der Waals surface area contributed by atoms with Crippen LogP contribution in [-0.4, -0.2) is 0 Å². The van der Waals surface area contributed by atoms with E-state index in [4.69, 9.17) is 0 Å². The Morgan fingerprint density at radius 3 is 2.08 bits per heavy atom. The zero-order chi connectivity index (χ0) is 10.3. The number of hydrogen-bond donors (Lipinski definition) is 0. The van der Waals surface area contributed by atoms with E-state index in [1.165, 1.54) is 25.7 Å². The van der Waals surface area contributed by atoms with Crippen LogP contribution in [0.4, 0.5) is 0 Å². The van der Waals surface area contributed by atoms with Crippen LogP contribution in [-0.2, 0) is 0 Å². The Labute approximate surface area is 84.4 Å². The molecule has 0 nitrogen and oxygen atoms in total. The summed E-state index contributed by atoms with van der Waals surface area (Å²) in [4.78, 5) is 0. The third kappa shape index (κ3) is 5.13. The van der Waals surface area contributed by atoms with Crippen molar-refractivity contribution in [2.45, 2.75) is 60.3 Å². The first-order valence-electron chi connectivity index (χ1n) is 5.84. The molecule has 78 valence electrons. The van der Waals surface area contributed by atoms with Crippen LogP contribution in [0.5, 0.6) is 0 Å². The Bertz CT molecular complexity index is 144. The lowest BCUT2D eigenvalue weighted by Crippen LogP contribution is -1.98. The second-order valence-corrected chi connectivity index (χ2v) is 4.19. The lowest BCUT2D eigenvalue weighted by Gasteiger charge is -2.13. The quantitative estimate of drug-likeness (QED) is 0.517. The molecule has 0 aliphatic carbocycles. The van der Waals surface area contributed by atoms with Crippen LogP contribution >= 0.6 is 0 Å². The Balaban J connectivity index is 4.06. The van der Waals surface area contributed by atoms with E-state index in [-0.39, 0.29) is 0 Å². The lowest BCUT2D eigenvalue weighted by molar-refractivity contribution is 0.559. The normalized spacial score (nSPS) is 17.2. The fraction of sp³-hybridized carbons (Fsp3) is 0.846. The van der Waals surface area contributed by atoms with Gasteiger partial charge < -0.3 is 0 Å². The molecule has 0 radical (unpaired) electrons. The highest BCUT2D eigenvalue weighted by Gasteiger charge is 2.04. The molecule has 0 heteroatoms. The average Bonchev–Trinajstić information content (AvgIpc) is 2.17. The van der Waals surface area contributed by atoms with Gasteiger partial charge in [0.25, 0.3) is 0 Å². The van der Waals surface area contributed by atoms with E-state index in [1.807, 2.05) is 0 Å². The fourth-order valence-corrected chi connectivity index (χ4v) is 1.48. The maximum atomic E-state index is 2.47. The molecule has 0 heterocycles. The molecular formula is C13H26. The number of allylic oxidation sites excluding steroid dienone is 2. The van der Waals surface area contributed by atoms with Crippen LogP contribution in [0.25, 0.3) is 0 Å². The predicted molar refractivity (Wildman–Crippen MR) is 61.9 cm³/mol. The van der Waals surface area contributed by atoms with Gasteiger partial charge in [0.1, 0.15) is 0 Å². The Hall–Kier alpha value is -0.260. The average molecular weight is 182 g/mol. The van der Waals surface area contributed by atoms with Crippen molar-refractivity contribution in [3.8, 4) is 0 Å². The highest BCUT2D eigenvalue weighted by molar-refractivity contribution is 5.05. The largest absolute Gasteiger partial charge is 0.0848 e. The molecule has 2 atom stereocenters. The molecule has 0 saturated heterocycles. The van der Waals surface area contributed by atoms with E-state index in [0.717, 1.165) is 11.8 Å². The zero-order valence-electron chi connectivity index (χ0n) is 10.1. The molecule has 0 spiro atoms. The molecule has 0 N–H and O–H groups in total. The summed E-state index contributed by atoms with van der Waals surface area (Å²) in [5.74, 6) is 1.64. The van der Waals surface area contributed by atoms with Crippen molar-refractivity contribution in [1.82, 2.24) is 0 Å². The molecule has 0 fully saturated rings. The minimum Gasteiger partial charge on any atom is -0.0848 e. The van der Waals surface area contributed by atoms with Crippen molar-refractivity contribution in [3.63, 3.8) is 0 Å². The summed E-state index contributed by atoms with van der Waals surface area (Å²) >= 11 is 0. The van der Waals surface area contributed by atoms with Crippen molar-refractivity contribution in [2.75, 3.05) is 0 Å². The summed E-state index contributed by atoms with van der Waals surface area (Å²) in [5.41, 5.74) is 1.66. The van der Waals surface area contributed by atoms with E-state index < -0.39 is 0 Å². The third-order valence-electron chi connectivity index (χ3n) is 3.13. The van der Waals surface area contributed by atoms with Crippen LogP contribution in [0, 0.1) is 11.8 Å². The maximum Gasteiger partial charge on any atom is -0.0234 e. The highest BCUT2D eigenvalue weighted by atomic mass is 14.1. The summed E-state index contributed by atoms with van der Waals surface area (Å²) in [6.45, 7) is 11.5. The maximum absolute atomic E-state index is 2.47. The molecule has 0 saturated carbocycles. The Morgan fingerprint density at radius 1 is 1.08 bits per heavy atom. The molecule has 0 aromatic carbocycles. The van der Waals surface area contributed by atoms with E-state index in [9.17, 15) is 0 Å².